The molecule has 15 heavy (non-hydrogen) atoms. The van der Waals surface area contributed by atoms with Gasteiger partial charge in [0.15, 0.2) is 0 Å². The molecule has 0 bridgehead atoms. The molecule has 1 aromatic carbocycles. The lowest BCUT2D eigenvalue weighted by Gasteiger charge is -2.07. The fourth-order valence-electron chi connectivity index (χ4n) is 1.48. The van der Waals surface area contributed by atoms with Crippen LogP contribution in [-0.2, 0) is 6.42 Å². The third-order valence-electron chi connectivity index (χ3n) is 2.23. The van der Waals surface area contributed by atoms with E-state index >= 15 is 0 Å². The molecule has 78 valence electrons. The third-order valence-corrected chi connectivity index (χ3v) is 2.86. The highest BCUT2D eigenvalue weighted by Gasteiger charge is 2.02. The number of rotatable bonds is 3. The van der Waals surface area contributed by atoms with Gasteiger partial charge >= 0.3 is 0 Å². The molecule has 0 aliphatic rings. The molecule has 4 heteroatoms. The molecule has 0 amide bonds. The van der Waals surface area contributed by atoms with Gasteiger partial charge in [0.2, 0.25) is 0 Å². The van der Waals surface area contributed by atoms with E-state index in [1.807, 2.05) is 10.8 Å². The lowest BCUT2D eigenvalue weighted by atomic mass is 10.1. The number of nitrogens with two attached hydrogens (primary N) is 1. The van der Waals surface area contributed by atoms with Crippen molar-refractivity contribution in [3.05, 3.63) is 47.0 Å². The molecular weight excluding hydrogens is 254 g/mol. The highest BCUT2D eigenvalue weighted by atomic mass is 79.9. The van der Waals surface area contributed by atoms with E-state index in [0.29, 0.717) is 6.54 Å². The van der Waals surface area contributed by atoms with Crippen LogP contribution in [0, 0.1) is 0 Å². The van der Waals surface area contributed by atoms with Crippen molar-refractivity contribution in [3.63, 3.8) is 0 Å². The Morgan fingerprint density at radius 3 is 2.87 bits per heavy atom. The van der Waals surface area contributed by atoms with Crippen LogP contribution in [0.5, 0.6) is 0 Å². The highest BCUT2D eigenvalue weighted by Crippen LogP contribution is 2.22. The van der Waals surface area contributed by atoms with Gasteiger partial charge in [0.25, 0.3) is 0 Å². The number of benzene rings is 1. The average Bonchev–Trinajstić information content (AvgIpc) is 2.71. The van der Waals surface area contributed by atoms with E-state index in [9.17, 15) is 0 Å². The van der Waals surface area contributed by atoms with E-state index < -0.39 is 0 Å². The summed E-state index contributed by atoms with van der Waals surface area (Å²) in [5, 5.41) is 0. The minimum absolute atomic E-state index is 0.677. The number of nitrogens with zero attached hydrogens (tertiary/aromatic N) is 2. The van der Waals surface area contributed by atoms with Crippen molar-refractivity contribution in [2.75, 3.05) is 6.54 Å². The maximum Gasteiger partial charge on any atom is 0.0992 e. The molecule has 0 aliphatic heterocycles. The van der Waals surface area contributed by atoms with Crippen molar-refractivity contribution in [1.82, 2.24) is 9.55 Å². The Balaban J connectivity index is 2.35. The first-order chi connectivity index (χ1) is 7.31. The van der Waals surface area contributed by atoms with Gasteiger partial charge in [-0.05, 0) is 46.6 Å². The van der Waals surface area contributed by atoms with E-state index in [4.69, 9.17) is 5.73 Å². The lowest BCUT2D eigenvalue weighted by Crippen LogP contribution is -2.03. The Hall–Kier alpha value is -1.13. The topological polar surface area (TPSA) is 43.8 Å². The van der Waals surface area contributed by atoms with Crippen molar-refractivity contribution in [2.45, 2.75) is 6.42 Å². The maximum absolute atomic E-state index is 5.51. The predicted octanol–water partition coefficient (Wildman–Crippen LogP) is 2.14. The summed E-state index contributed by atoms with van der Waals surface area (Å²) in [6, 6.07) is 6.26. The summed E-state index contributed by atoms with van der Waals surface area (Å²) in [6.07, 6.45) is 6.37. The summed E-state index contributed by atoms with van der Waals surface area (Å²) >= 11 is 3.55. The van der Waals surface area contributed by atoms with Crippen molar-refractivity contribution in [2.24, 2.45) is 5.73 Å². The number of hydrogen-bond acceptors (Lipinski definition) is 2. The van der Waals surface area contributed by atoms with Crippen LogP contribution in [0.2, 0.25) is 0 Å². The smallest absolute Gasteiger partial charge is 0.0992 e. The summed E-state index contributed by atoms with van der Waals surface area (Å²) in [5.74, 6) is 0. The number of hydrogen-bond donors (Lipinski definition) is 1. The summed E-state index contributed by atoms with van der Waals surface area (Å²) in [6.45, 7) is 0.677. The molecule has 1 heterocycles. The second-order valence-corrected chi connectivity index (χ2v) is 4.15. The van der Waals surface area contributed by atoms with Crippen molar-refractivity contribution in [3.8, 4) is 5.69 Å². The van der Waals surface area contributed by atoms with Crippen molar-refractivity contribution in [1.29, 1.82) is 0 Å². The molecule has 2 N–H and O–H groups in total. The summed E-state index contributed by atoms with van der Waals surface area (Å²) < 4.78 is 3.03. The minimum Gasteiger partial charge on any atom is -0.330 e. The second kappa shape index (κ2) is 4.59. The zero-order chi connectivity index (χ0) is 10.7. The van der Waals surface area contributed by atoms with Crippen LogP contribution < -0.4 is 5.73 Å². The zero-order valence-electron chi connectivity index (χ0n) is 8.23. The summed E-state index contributed by atoms with van der Waals surface area (Å²) in [4.78, 5) is 4.02. The zero-order valence-corrected chi connectivity index (χ0v) is 9.81. The Kier molecular flexibility index (Phi) is 3.18. The van der Waals surface area contributed by atoms with E-state index in [0.717, 1.165) is 16.6 Å². The molecule has 0 fully saturated rings. The van der Waals surface area contributed by atoms with Crippen molar-refractivity contribution >= 4 is 15.9 Å². The normalized spacial score (nSPS) is 10.5. The van der Waals surface area contributed by atoms with E-state index in [-0.39, 0.29) is 0 Å². The predicted molar refractivity (Wildman–Crippen MR) is 64.0 cm³/mol. The first kappa shape index (κ1) is 10.4. The van der Waals surface area contributed by atoms with Gasteiger partial charge in [-0.15, -0.1) is 0 Å². The van der Waals surface area contributed by atoms with Crippen LogP contribution in [0.4, 0.5) is 0 Å². The monoisotopic (exact) mass is 265 g/mol. The molecule has 0 unspecified atom stereocenters. The number of aromatic nitrogens is 2. The Labute approximate surface area is 97.1 Å². The molecule has 0 aliphatic carbocycles. The molecule has 0 saturated carbocycles. The van der Waals surface area contributed by atoms with Crippen molar-refractivity contribution < 1.29 is 0 Å². The number of halogens is 1. The van der Waals surface area contributed by atoms with Gasteiger partial charge in [-0.2, -0.15) is 0 Å². The van der Waals surface area contributed by atoms with E-state index in [1.54, 1.807) is 12.5 Å². The van der Waals surface area contributed by atoms with Crippen LogP contribution in [0.3, 0.4) is 0 Å². The Morgan fingerprint density at radius 1 is 1.40 bits per heavy atom. The van der Waals surface area contributed by atoms with Crippen LogP contribution >= 0.6 is 15.9 Å². The van der Waals surface area contributed by atoms with Gasteiger partial charge in [-0.1, -0.05) is 6.07 Å². The molecule has 3 nitrogen and oxygen atoms in total. The number of imidazole rings is 1. The molecule has 1 aromatic heterocycles. The van der Waals surface area contributed by atoms with E-state index in [2.05, 4.69) is 39.1 Å². The van der Waals surface area contributed by atoms with E-state index in [1.165, 1.54) is 5.56 Å². The maximum atomic E-state index is 5.51. The minimum atomic E-state index is 0.677. The first-order valence-corrected chi connectivity index (χ1v) is 5.57. The molecule has 2 rings (SSSR count). The Bertz CT molecular complexity index is 437. The quantitative estimate of drug-likeness (QED) is 0.924. The summed E-state index contributed by atoms with van der Waals surface area (Å²) in [7, 11) is 0. The van der Waals surface area contributed by atoms with Crippen LogP contribution in [0.15, 0.2) is 41.4 Å². The Morgan fingerprint density at radius 2 is 2.27 bits per heavy atom. The molecule has 0 atom stereocenters. The van der Waals surface area contributed by atoms with Gasteiger partial charge in [-0.25, -0.2) is 4.98 Å². The lowest BCUT2D eigenvalue weighted by molar-refractivity contribution is 0.962. The van der Waals surface area contributed by atoms with Gasteiger partial charge in [0, 0.05) is 16.9 Å². The third kappa shape index (κ3) is 2.27. The van der Waals surface area contributed by atoms with Gasteiger partial charge < -0.3 is 10.3 Å². The SMILES string of the molecule is NCCc1ccc(-n2ccnc2)c(Br)c1. The first-order valence-electron chi connectivity index (χ1n) is 4.78. The molecule has 2 aromatic rings. The van der Waals surface area contributed by atoms with Crippen LogP contribution in [-0.4, -0.2) is 16.1 Å². The highest BCUT2D eigenvalue weighted by molar-refractivity contribution is 9.10. The van der Waals surface area contributed by atoms with Gasteiger partial charge in [0.1, 0.15) is 0 Å². The fourth-order valence-corrected chi connectivity index (χ4v) is 2.11. The standard InChI is InChI=1S/C11H12BrN3/c12-10-7-9(3-4-13)1-2-11(10)15-6-5-14-8-15/h1-2,5-8H,3-4,13H2. The average molecular weight is 266 g/mol. The van der Waals surface area contributed by atoms with Crippen LogP contribution in [0.25, 0.3) is 5.69 Å². The largest absolute Gasteiger partial charge is 0.330 e. The summed E-state index contributed by atoms with van der Waals surface area (Å²) in [5.41, 5.74) is 7.85. The van der Waals surface area contributed by atoms with Gasteiger partial charge in [-0.3, -0.25) is 0 Å². The van der Waals surface area contributed by atoms with Crippen LogP contribution in [0.1, 0.15) is 5.56 Å². The molecule has 0 radical (unpaired) electrons. The fraction of sp³-hybridized carbons (Fsp3) is 0.182. The molecule has 0 saturated heterocycles. The molecule has 0 spiro atoms. The van der Waals surface area contributed by atoms with Gasteiger partial charge in [0.05, 0.1) is 12.0 Å². The second-order valence-electron chi connectivity index (χ2n) is 3.29. The molecular formula is C11H12BrN3.